The van der Waals surface area contributed by atoms with Crippen LogP contribution in [0.4, 0.5) is 4.79 Å². The highest BCUT2D eigenvalue weighted by molar-refractivity contribution is 9.10. The first kappa shape index (κ1) is 12.4. The molecule has 0 aromatic carbocycles. The minimum absolute atomic E-state index is 0.244. The third-order valence-electron chi connectivity index (χ3n) is 1.70. The molecule has 1 aromatic heterocycles. The molecule has 0 aliphatic rings. The molecule has 86 valence electrons. The van der Waals surface area contributed by atoms with Gasteiger partial charge in [0.1, 0.15) is 4.60 Å². The van der Waals surface area contributed by atoms with Crippen LogP contribution in [0.5, 0.6) is 0 Å². The van der Waals surface area contributed by atoms with E-state index in [9.17, 15) is 9.59 Å². The molecule has 0 aliphatic heterocycles. The second-order valence-corrected chi connectivity index (χ2v) is 3.73. The monoisotopic (exact) mass is 286 g/mol. The Hall–Kier alpha value is -1.63. The van der Waals surface area contributed by atoms with Crippen LogP contribution in [0, 0.1) is 0 Å². The Balaban J connectivity index is 2.35. The van der Waals surface area contributed by atoms with Gasteiger partial charge in [-0.05, 0) is 28.1 Å². The number of primary amides is 1. The summed E-state index contributed by atoms with van der Waals surface area (Å²) in [6.45, 7) is 0.614. The van der Waals surface area contributed by atoms with Crippen molar-refractivity contribution in [1.29, 1.82) is 0 Å². The fourth-order valence-electron chi connectivity index (χ4n) is 0.974. The van der Waals surface area contributed by atoms with E-state index in [1.165, 1.54) is 6.20 Å². The molecule has 0 saturated heterocycles. The van der Waals surface area contributed by atoms with E-state index in [0.29, 0.717) is 23.3 Å². The lowest BCUT2D eigenvalue weighted by molar-refractivity contribution is 0.0953. The van der Waals surface area contributed by atoms with Crippen LogP contribution in [0.15, 0.2) is 22.9 Å². The van der Waals surface area contributed by atoms with Gasteiger partial charge >= 0.3 is 6.03 Å². The normalized spacial score (nSPS) is 9.56. The van der Waals surface area contributed by atoms with Crippen molar-refractivity contribution in [2.75, 3.05) is 13.1 Å². The van der Waals surface area contributed by atoms with Crippen molar-refractivity contribution in [3.63, 3.8) is 0 Å². The number of carbonyl (C=O) groups excluding carboxylic acids is 2. The second-order valence-electron chi connectivity index (χ2n) is 2.92. The van der Waals surface area contributed by atoms with E-state index in [2.05, 4.69) is 31.5 Å². The number of hydrogen-bond acceptors (Lipinski definition) is 3. The van der Waals surface area contributed by atoms with Crippen LogP contribution in [0.2, 0.25) is 0 Å². The Morgan fingerprint density at radius 3 is 2.56 bits per heavy atom. The van der Waals surface area contributed by atoms with Crippen LogP contribution < -0.4 is 16.4 Å². The molecule has 0 spiro atoms. The zero-order chi connectivity index (χ0) is 12.0. The molecule has 0 fully saturated rings. The predicted octanol–water partition coefficient (Wildman–Crippen LogP) is 0.242. The van der Waals surface area contributed by atoms with E-state index in [0.717, 1.165) is 0 Å². The number of halogens is 1. The van der Waals surface area contributed by atoms with Crippen LogP contribution in [-0.4, -0.2) is 30.0 Å². The summed E-state index contributed by atoms with van der Waals surface area (Å²) < 4.78 is 0.666. The number of nitrogens with one attached hydrogen (secondary N) is 2. The van der Waals surface area contributed by atoms with E-state index in [1.807, 2.05) is 0 Å². The van der Waals surface area contributed by atoms with Gasteiger partial charge in [-0.3, -0.25) is 4.79 Å². The van der Waals surface area contributed by atoms with Crippen LogP contribution in [0.1, 0.15) is 10.4 Å². The fourth-order valence-corrected chi connectivity index (χ4v) is 1.21. The van der Waals surface area contributed by atoms with Crippen molar-refractivity contribution in [2.24, 2.45) is 5.73 Å². The van der Waals surface area contributed by atoms with E-state index < -0.39 is 6.03 Å². The van der Waals surface area contributed by atoms with Gasteiger partial charge in [0.05, 0.1) is 5.56 Å². The third-order valence-corrected chi connectivity index (χ3v) is 2.17. The lowest BCUT2D eigenvalue weighted by atomic mass is 10.3. The smallest absolute Gasteiger partial charge is 0.312 e. The largest absolute Gasteiger partial charge is 0.352 e. The van der Waals surface area contributed by atoms with Gasteiger partial charge in [0.15, 0.2) is 0 Å². The number of urea groups is 1. The molecule has 0 saturated carbocycles. The molecule has 3 amide bonds. The Morgan fingerprint density at radius 2 is 2.00 bits per heavy atom. The first-order valence-electron chi connectivity index (χ1n) is 4.52. The van der Waals surface area contributed by atoms with Gasteiger partial charge < -0.3 is 16.4 Å². The van der Waals surface area contributed by atoms with Gasteiger partial charge in [-0.25, -0.2) is 9.78 Å². The summed E-state index contributed by atoms with van der Waals surface area (Å²) in [6.07, 6.45) is 1.46. The molecule has 16 heavy (non-hydrogen) atoms. The molecule has 0 atom stereocenters. The number of amides is 3. The summed E-state index contributed by atoms with van der Waals surface area (Å²) in [7, 11) is 0. The maximum Gasteiger partial charge on any atom is 0.312 e. The first-order chi connectivity index (χ1) is 7.59. The average molecular weight is 287 g/mol. The van der Waals surface area contributed by atoms with Gasteiger partial charge in [0.2, 0.25) is 0 Å². The van der Waals surface area contributed by atoms with Gasteiger partial charge in [-0.1, -0.05) is 0 Å². The average Bonchev–Trinajstić information content (AvgIpc) is 2.25. The van der Waals surface area contributed by atoms with Gasteiger partial charge in [0.25, 0.3) is 5.91 Å². The number of pyridine rings is 1. The number of nitrogens with zero attached hydrogens (tertiary/aromatic N) is 1. The Morgan fingerprint density at radius 1 is 1.31 bits per heavy atom. The first-order valence-corrected chi connectivity index (χ1v) is 5.32. The quantitative estimate of drug-likeness (QED) is 0.546. The van der Waals surface area contributed by atoms with Gasteiger partial charge in [-0.15, -0.1) is 0 Å². The molecule has 1 heterocycles. The molecule has 4 N–H and O–H groups in total. The summed E-state index contributed by atoms with van der Waals surface area (Å²) in [4.78, 5) is 25.7. The van der Waals surface area contributed by atoms with Gasteiger partial charge in [0, 0.05) is 19.3 Å². The third kappa shape index (κ3) is 4.26. The second kappa shape index (κ2) is 6.06. The molecule has 0 unspecified atom stereocenters. The summed E-state index contributed by atoms with van der Waals surface area (Å²) in [5, 5.41) is 4.97. The highest BCUT2D eigenvalue weighted by Gasteiger charge is 2.04. The predicted molar refractivity (Wildman–Crippen MR) is 61.9 cm³/mol. The Labute approximate surface area is 101 Å². The van der Waals surface area contributed by atoms with E-state index >= 15 is 0 Å². The number of aromatic nitrogens is 1. The van der Waals surface area contributed by atoms with E-state index in [-0.39, 0.29) is 5.91 Å². The maximum atomic E-state index is 11.5. The highest BCUT2D eigenvalue weighted by atomic mass is 79.9. The summed E-state index contributed by atoms with van der Waals surface area (Å²) in [6, 6.07) is 2.71. The van der Waals surface area contributed by atoms with Crippen LogP contribution in [-0.2, 0) is 0 Å². The van der Waals surface area contributed by atoms with Crippen molar-refractivity contribution in [1.82, 2.24) is 15.6 Å². The van der Waals surface area contributed by atoms with Crippen LogP contribution in [0.3, 0.4) is 0 Å². The van der Waals surface area contributed by atoms with E-state index in [4.69, 9.17) is 5.73 Å². The minimum atomic E-state index is -0.612. The highest BCUT2D eigenvalue weighted by Crippen LogP contribution is 2.05. The van der Waals surface area contributed by atoms with Crippen LogP contribution >= 0.6 is 15.9 Å². The summed E-state index contributed by atoms with van der Waals surface area (Å²) in [5.41, 5.74) is 5.32. The number of nitrogens with two attached hydrogens (primary N) is 1. The van der Waals surface area contributed by atoms with Crippen molar-refractivity contribution >= 4 is 27.9 Å². The molecule has 6 nitrogen and oxygen atoms in total. The Bertz CT molecular complexity index is 380. The van der Waals surface area contributed by atoms with Crippen molar-refractivity contribution < 1.29 is 9.59 Å². The van der Waals surface area contributed by atoms with Crippen molar-refractivity contribution in [2.45, 2.75) is 0 Å². The maximum absolute atomic E-state index is 11.5. The lowest BCUT2D eigenvalue weighted by Crippen LogP contribution is -2.37. The topological polar surface area (TPSA) is 97.1 Å². The molecular weight excluding hydrogens is 276 g/mol. The molecule has 0 aliphatic carbocycles. The molecule has 0 bridgehead atoms. The van der Waals surface area contributed by atoms with Crippen molar-refractivity contribution in [3.05, 3.63) is 28.5 Å². The van der Waals surface area contributed by atoms with Crippen LogP contribution in [0.25, 0.3) is 0 Å². The van der Waals surface area contributed by atoms with Gasteiger partial charge in [-0.2, -0.15) is 0 Å². The lowest BCUT2D eigenvalue weighted by Gasteiger charge is -2.05. The molecule has 7 heteroatoms. The minimum Gasteiger partial charge on any atom is -0.352 e. The fraction of sp³-hybridized carbons (Fsp3) is 0.222. The molecule has 0 radical (unpaired) electrons. The van der Waals surface area contributed by atoms with E-state index in [1.54, 1.807) is 12.1 Å². The molecule has 1 aromatic rings. The van der Waals surface area contributed by atoms with Crippen molar-refractivity contribution in [3.8, 4) is 0 Å². The zero-order valence-electron chi connectivity index (χ0n) is 8.37. The number of carbonyl (C=O) groups is 2. The number of hydrogen-bond donors (Lipinski definition) is 3. The standard InChI is InChI=1S/C9H11BrN4O2/c10-7-2-1-6(5-14-7)8(15)12-3-4-13-9(11)16/h1-2,5H,3-4H2,(H,12,15)(H3,11,13,16). The summed E-state index contributed by atoms with van der Waals surface area (Å²) >= 11 is 3.17. The SMILES string of the molecule is NC(=O)NCCNC(=O)c1ccc(Br)nc1. The zero-order valence-corrected chi connectivity index (χ0v) is 9.95. The summed E-state index contributed by atoms with van der Waals surface area (Å²) in [5.74, 6) is -0.244. The number of rotatable bonds is 4. The Kier molecular flexibility index (Phi) is 4.71. The molecule has 1 rings (SSSR count). The molecular formula is C9H11BrN4O2.